The third-order valence-electron chi connectivity index (χ3n) is 0.910. The molecule has 0 fully saturated rings. The van der Waals surface area contributed by atoms with Crippen molar-refractivity contribution in [3.05, 3.63) is 41.4 Å². The fraction of sp³-hybridized carbons (Fsp3) is 0.143. The van der Waals surface area contributed by atoms with Crippen LogP contribution in [0.15, 0.2) is 36.4 Å². The molecule has 0 aromatic carbocycles. The molecular weight excluding hydrogens is 144 g/mol. The first kappa shape index (κ1) is 9.24. The lowest BCUT2D eigenvalue weighted by Crippen LogP contribution is -1.86. The standard InChI is InChI=1S/C7H8N2O2/c1-3-4-5-6(9-8)7(10)11-2/h3-5H,1H2,2H3/p+1/b5-4+,7-6-. The highest BCUT2D eigenvalue weighted by molar-refractivity contribution is 5.26. The fourth-order valence-electron chi connectivity index (χ4n) is 0.411. The Balaban J connectivity index is 4.55. The average molecular weight is 153 g/mol. The number of rotatable bonds is 3. The second-order valence-electron chi connectivity index (χ2n) is 1.59. The van der Waals surface area contributed by atoms with Crippen LogP contribution in [0.5, 0.6) is 0 Å². The van der Waals surface area contributed by atoms with E-state index in [0.717, 1.165) is 0 Å². The Kier molecular flexibility index (Phi) is 4.25. The Morgan fingerprint density at radius 1 is 1.73 bits per heavy atom. The summed E-state index contributed by atoms with van der Waals surface area (Å²) < 4.78 is 4.40. The number of hydrogen-bond donors (Lipinski definition) is 1. The Hall–Kier alpha value is -1.76. The molecule has 0 radical (unpaired) electrons. The lowest BCUT2D eigenvalue weighted by molar-refractivity contribution is 0.133. The zero-order valence-electron chi connectivity index (χ0n) is 6.19. The largest absolute Gasteiger partial charge is 0.475 e. The number of diazo groups is 1. The van der Waals surface area contributed by atoms with Gasteiger partial charge in [0.2, 0.25) is 5.39 Å². The molecular formula is C7H9N2O2+. The smallest absolute Gasteiger partial charge is 0.463 e. The minimum Gasteiger partial charge on any atom is -0.475 e. The van der Waals surface area contributed by atoms with Gasteiger partial charge in [0.25, 0.3) is 0 Å². The third-order valence-corrected chi connectivity index (χ3v) is 0.910. The van der Waals surface area contributed by atoms with Gasteiger partial charge in [0.1, 0.15) is 0 Å². The molecule has 11 heavy (non-hydrogen) atoms. The summed E-state index contributed by atoms with van der Waals surface area (Å²) in [6.45, 7) is 3.40. The Labute approximate surface area is 64.7 Å². The first-order chi connectivity index (χ1) is 5.26. The van der Waals surface area contributed by atoms with Crippen LogP contribution in [0.1, 0.15) is 0 Å². The van der Waals surface area contributed by atoms with Crippen LogP contribution in [0.4, 0.5) is 0 Å². The zero-order valence-corrected chi connectivity index (χ0v) is 6.19. The van der Waals surface area contributed by atoms with E-state index in [1.807, 2.05) is 0 Å². The minimum absolute atomic E-state index is 0.0487. The predicted octanol–water partition coefficient (Wildman–Crippen LogP) is 1.96. The summed E-state index contributed by atoms with van der Waals surface area (Å²) in [4.78, 5) is 2.77. The lowest BCUT2D eigenvalue weighted by atomic mass is 10.4. The van der Waals surface area contributed by atoms with Crippen LogP contribution < -0.4 is 0 Å². The van der Waals surface area contributed by atoms with Crippen molar-refractivity contribution in [3.8, 4) is 0 Å². The molecule has 0 aromatic rings. The second-order valence-corrected chi connectivity index (χ2v) is 1.59. The molecule has 0 atom stereocenters. The highest BCUT2D eigenvalue weighted by atomic mass is 16.6. The zero-order chi connectivity index (χ0) is 8.69. The lowest BCUT2D eigenvalue weighted by Gasteiger charge is -1.88. The van der Waals surface area contributed by atoms with Crippen molar-refractivity contribution in [3.63, 3.8) is 0 Å². The molecule has 4 heteroatoms. The summed E-state index contributed by atoms with van der Waals surface area (Å²) in [5, 5.41) is 17.2. The topological polar surface area (TPSA) is 57.6 Å². The first-order valence-corrected chi connectivity index (χ1v) is 2.87. The molecule has 4 nitrogen and oxygen atoms in total. The van der Waals surface area contributed by atoms with E-state index < -0.39 is 5.95 Å². The van der Waals surface area contributed by atoms with E-state index in [0.29, 0.717) is 0 Å². The average Bonchev–Trinajstić information content (AvgIpc) is 2.05. The molecule has 0 amide bonds. The van der Waals surface area contributed by atoms with Crippen LogP contribution in [0.3, 0.4) is 0 Å². The molecule has 0 saturated heterocycles. The number of allylic oxidation sites excluding steroid dienone is 3. The molecule has 0 unspecified atom stereocenters. The number of nitrogens with zero attached hydrogens (tertiary/aromatic N) is 2. The maximum Gasteiger partial charge on any atom is 0.463 e. The van der Waals surface area contributed by atoms with E-state index in [4.69, 9.17) is 10.5 Å². The quantitative estimate of drug-likeness (QED) is 0.383. The van der Waals surface area contributed by atoms with Gasteiger partial charge in [-0.05, 0) is 0 Å². The summed E-state index contributed by atoms with van der Waals surface area (Å²) in [5.41, 5.74) is -0.0487. The number of aliphatic hydroxyl groups excluding tert-OH is 1. The van der Waals surface area contributed by atoms with Gasteiger partial charge >= 0.3 is 11.6 Å². The molecule has 0 aliphatic carbocycles. The molecule has 0 aliphatic heterocycles. The summed E-state index contributed by atoms with van der Waals surface area (Å²) in [7, 11) is 1.27. The van der Waals surface area contributed by atoms with E-state index in [-0.39, 0.29) is 5.70 Å². The van der Waals surface area contributed by atoms with Gasteiger partial charge in [-0.1, -0.05) is 18.7 Å². The van der Waals surface area contributed by atoms with Crippen molar-refractivity contribution in [1.29, 1.82) is 5.39 Å². The number of methoxy groups -OCH3 is 1. The number of hydrogen-bond acceptors (Lipinski definition) is 3. The second kappa shape index (κ2) is 5.06. The molecule has 0 aromatic heterocycles. The van der Waals surface area contributed by atoms with Crippen LogP contribution >= 0.6 is 0 Å². The molecule has 0 bridgehead atoms. The van der Waals surface area contributed by atoms with Crippen LogP contribution in [0.2, 0.25) is 0 Å². The first-order valence-electron chi connectivity index (χ1n) is 2.87. The summed E-state index contributed by atoms with van der Waals surface area (Å²) in [6, 6.07) is 0. The van der Waals surface area contributed by atoms with Gasteiger partial charge in [-0.25, -0.2) is 0 Å². The fourth-order valence-corrected chi connectivity index (χ4v) is 0.411. The van der Waals surface area contributed by atoms with E-state index in [9.17, 15) is 0 Å². The van der Waals surface area contributed by atoms with Gasteiger partial charge in [-0.2, -0.15) is 0 Å². The van der Waals surface area contributed by atoms with Crippen molar-refractivity contribution in [2.24, 2.45) is 0 Å². The van der Waals surface area contributed by atoms with E-state index >= 15 is 0 Å². The van der Waals surface area contributed by atoms with Crippen LogP contribution in [-0.4, -0.2) is 12.2 Å². The highest BCUT2D eigenvalue weighted by Crippen LogP contribution is 2.05. The molecule has 1 N–H and O–H groups in total. The summed E-state index contributed by atoms with van der Waals surface area (Å²) in [6.07, 6.45) is 4.34. The number of aliphatic hydroxyl groups is 1. The van der Waals surface area contributed by atoms with Crippen molar-refractivity contribution in [2.75, 3.05) is 7.11 Å². The third kappa shape index (κ3) is 3.06. The molecule has 58 valence electrons. The monoisotopic (exact) mass is 153 g/mol. The van der Waals surface area contributed by atoms with Crippen molar-refractivity contribution < 1.29 is 9.84 Å². The van der Waals surface area contributed by atoms with Gasteiger partial charge in [0.15, 0.2) is 4.98 Å². The maximum absolute atomic E-state index is 8.86. The van der Waals surface area contributed by atoms with Gasteiger partial charge in [-0.3, -0.25) is 0 Å². The summed E-state index contributed by atoms with van der Waals surface area (Å²) in [5.74, 6) is -0.439. The SMILES string of the molecule is C=C/C=C/C([N+]#N)=C(\O)OC. The van der Waals surface area contributed by atoms with Crippen molar-refractivity contribution in [1.82, 2.24) is 0 Å². The van der Waals surface area contributed by atoms with Crippen LogP contribution in [0.25, 0.3) is 4.98 Å². The minimum atomic E-state index is -0.439. The highest BCUT2D eigenvalue weighted by Gasteiger charge is 2.14. The predicted molar refractivity (Wildman–Crippen MR) is 41.1 cm³/mol. The normalized spacial score (nSPS) is 12.0. The van der Waals surface area contributed by atoms with Crippen molar-refractivity contribution in [2.45, 2.75) is 0 Å². The van der Waals surface area contributed by atoms with E-state index in [1.54, 1.807) is 0 Å². The van der Waals surface area contributed by atoms with Gasteiger partial charge in [0, 0.05) is 6.08 Å². The molecule has 0 aliphatic rings. The van der Waals surface area contributed by atoms with Gasteiger partial charge in [-0.15, -0.1) is 0 Å². The maximum atomic E-state index is 8.86. The Morgan fingerprint density at radius 2 is 2.36 bits per heavy atom. The Bertz CT molecular complexity index is 235. The molecule has 0 heterocycles. The summed E-state index contributed by atoms with van der Waals surface area (Å²) >= 11 is 0. The van der Waals surface area contributed by atoms with Crippen molar-refractivity contribution >= 4 is 0 Å². The Morgan fingerprint density at radius 3 is 2.73 bits per heavy atom. The van der Waals surface area contributed by atoms with E-state index in [2.05, 4.69) is 16.3 Å². The molecule has 0 spiro atoms. The van der Waals surface area contributed by atoms with Gasteiger partial charge < -0.3 is 9.84 Å². The number of ether oxygens (including phenoxy) is 1. The van der Waals surface area contributed by atoms with Crippen LogP contribution in [0, 0.1) is 5.39 Å². The van der Waals surface area contributed by atoms with Crippen LogP contribution in [-0.2, 0) is 4.74 Å². The van der Waals surface area contributed by atoms with E-state index in [1.165, 1.54) is 25.3 Å². The molecule has 0 saturated carbocycles. The van der Waals surface area contributed by atoms with Gasteiger partial charge in [0.05, 0.1) is 7.11 Å². The molecule has 0 rings (SSSR count).